The summed E-state index contributed by atoms with van der Waals surface area (Å²) < 4.78 is 63.2. The Bertz CT molecular complexity index is 753. The van der Waals surface area contributed by atoms with Crippen LogP contribution in [0.3, 0.4) is 0 Å². The lowest BCUT2D eigenvalue weighted by Crippen LogP contribution is -2.34. The molecule has 0 radical (unpaired) electrons. The van der Waals surface area contributed by atoms with Gasteiger partial charge in [0, 0.05) is 13.6 Å². The molecule has 1 unspecified atom stereocenters. The molecule has 0 amide bonds. The maximum Gasteiger partial charge on any atom is 0.416 e. The normalized spacial score (nSPS) is 13.6. The average Bonchev–Trinajstić information content (AvgIpc) is 2.45. The fourth-order valence-electron chi connectivity index (χ4n) is 1.75. The maximum atomic E-state index is 12.6. The first-order chi connectivity index (χ1) is 10.4. The van der Waals surface area contributed by atoms with Crippen LogP contribution < -0.4 is 0 Å². The van der Waals surface area contributed by atoms with Crippen LogP contribution in [-0.2, 0) is 21.0 Å². The van der Waals surface area contributed by atoms with Crippen LogP contribution in [0.25, 0.3) is 0 Å². The molecule has 0 aliphatic rings. The minimum Gasteiger partial charge on any atom is -0.481 e. The molecule has 0 spiro atoms. The second-order valence-electron chi connectivity index (χ2n) is 4.85. The lowest BCUT2D eigenvalue weighted by molar-refractivity contribution is -0.141. The number of alkyl halides is 3. The molecule has 0 aliphatic heterocycles. The molecular formula is C13H13F3N2O4S. The van der Waals surface area contributed by atoms with Crippen molar-refractivity contribution in [3.05, 3.63) is 29.3 Å². The number of hydrogen-bond donors (Lipinski definition) is 1. The molecule has 1 rings (SSSR count). The van der Waals surface area contributed by atoms with Crippen molar-refractivity contribution in [2.45, 2.75) is 18.0 Å². The van der Waals surface area contributed by atoms with E-state index in [0.29, 0.717) is 22.5 Å². The second kappa shape index (κ2) is 6.55. The Morgan fingerprint density at radius 3 is 2.43 bits per heavy atom. The minimum absolute atomic E-state index is 0.385. The van der Waals surface area contributed by atoms with Gasteiger partial charge in [-0.3, -0.25) is 4.79 Å². The number of halogens is 3. The highest BCUT2D eigenvalue weighted by Crippen LogP contribution is 2.32. The molecule has 126 valence electrons. The zero-order valence-corrected chi connectivity index (χ0v) is 12.9. The van der Waals surface area contributed by atoms with Gasteiger partial charge in [0.05, 0.1) is 21.9 Å². The molecule has 0 fully saturated rings. The summed E-state index contributed by atoms with van der Waals surface area (Å²) in [6.07, 6.45) is -4.71. The van der Waals surface area contributed by atoms with E-state index in [9.17, 15) is 26.4 Å². The van der Waals surface area contributed by atoms with Crippen LogP contribution in [0.5, 0.6) is 0 Å². The van der Waals surface area contributed by atoms with Gasteiger partial charge in [-0.1, -0.05) is 6.92 Å². The number of carboxylic acids is 1. The first-order valence-electron chi connectivity index (χ1n) is 6.21. The van der Waals surface area contributed by atoms with Gasteiger partial charge in [0.1, 0.15) is 6.07 Å². The number of hydrogen-bond acceptors (Lipinski definition) is 4. The molecule has 1 aromatic carbocycles. The van der Waals surface area contributed by atoms with E-state index in [4.69, 9.17) is 10.4 Å². The van der Waals surface area contributed by atoms with Crippen LogP contribution in [0.1, 0.15) is 18.1 Å². The zero-order valence-electron chi connectivity index (χ0n) is 12.1. The number of rotatable bonds is 5. The second-order valence-corrected chi connectivity index (χ2v) is 6.86. The number of nitriles is 1. The van der Waals surface area contributed by atoms with Gasteiger partial charge < -0.3 is 5.11 Å². The number of carbonyl (C=O) groups is 1. The molecule has 1 N–H and O–H groups in total. The molecule has 1 aromatic rings. The Morgan fingerprint density at radius 2 is 2.00 bits per heavy atom. The number of sulfonamides is 1. The Labute approximate surface area is 130 Å². The smallest absolute Gasteiger partial charge is 0.416 e. The van der Waals surface area contributed by atoms with Gasteiger partial charge in [0.15, 0.2) is 0 Å². The van der Waals surface area contributed by atoms with Gasteiger partial charge in [-0.25, -0.2) is 12.7 Å². The summed E-state index contributed by atoms with van der Waals surface area (Å²) in [4.78, 5) is 10.2. The summed E-state index contributed by atoms with van der Waals surface area (Å²) in [7, 11) is -3.20. The van der Waals surface area contributed by atoms with Crippen molar-refractivity contribution in [3.8, 4) is 6.07 Å². The fourth-order valence-corrected chi connectivity index (χ4v) is 3.13. The number of aliphatic carboxylic acids is 1. The lowest BCUT2D eigenvalue weighted by Gasteiger charge is -2.20. The molecular weight excluding hydrogens is 337 g/mol. The van der Waals surface area contributed by atoms with E-state index in [1.165, 1.54) is 13.0 Å². The largest absolute Gasteiger partial charge is 0.481 e. The molecule has 0 bridgehead atoms. The molecule has 0 aromatic heterocycles. The zero-order chi connectivity index (χ0) is 18.0. The Kier molecular flexibility index (Phi) is 5.39. The van der Waals surface area contributed by atoms with Crippen LogP contribution in [-0.4, -0.2) is 37.4 Å². The summed E-state index contributed by atoms with van der Waals surface area (Å²) in [6.45, 7) is 0.899. The summed E-state index contributed by atoms with van der Waals surface area (Å²) in [5.74, 6) is -2.24. The first kappa shape index (κ1) is 18.9. The summed E-state index contributed by atoms with van der Waals surface area (Å²) >= 11 is 0. The number of benzene rings is 1. The van der Waals surface area contributed by atoms with Crippen molar-refractivity contribution in [3.63, 3.8) is 0 Å². The van der Waals surface area contributed by atoms with Crippen LogP contribution in [0.4, 0.5) is 13.2 Å². The van der Waals surface area contributed by atoms with E-state index in [1.807, 2.05) is 0 Å². The highest BCUT2D eigenvalue weighted by Gasteiger charge is 2.33. The summed E-state index contributed by atoms with van der Waals surface area (Å²) in [5.41, 5.74) is -1.80. The van der Waals surface area contributed by atoms with E-state index in [-0.39, 0.29) is 6.54 Å². The van der Waals surface area contributed by atoms with Gasteiger partial charge in [-0.05, 0) is 18.2 Å². The predicted octanol–water partition coefficient (Wildman–Crippen LogP) is 1.92. The number of nitrogens with zero attached hydrogens (tertiary/aromatic N) is 2. The first-order valence-corrected chi connectivity index (χ1v) is 7.65. The molecule has 0 heterocycles. The van der Waals surface area contributed by atoms with Crippen LogP contribution >= 0.6 is 0 Å². The van der Waals surface area contributed by atoms with Crippen LogP contribution in [0.2, 0.25) is 0 Å². The van der Waals surface area contributed by atoms with Gasteiger partial charge in [-0.2, -0.15) is 18.4 Å². The van der Waals surface area contributed by atoms with Crippen molar-refractivity contribution in [2.24, 2.45) is 5.92 Å². The monoisotopic (exact) mass is 350 g/mol. The quantitative estimate of drug-likeness (QED) is 0.875. The predicted molar refractivity (Wildman–Crippen MR) is 72.8 cm³/mol. The van der Waals surface area contributed by atoms with Crippen molar-refractivity contribution in [2.75, 3.05) is 13.6 Å². The van der Waals surface area contributed by atoms with E-state index in [0.717, 1.165) is 7.05 Å². The average molecular weight is 350 g/mol. The van der Waals surface area contributed by atoms with Gasteiger partial charge in [-0.15, -0.1) is 0 Å². The number of carboxylic acid groups (broad SMARTS) is 1. The van der Waals surface area contributed by atoms with Crippen LogP contribution in [0.15, 0.2) is 23.1 Å². The molecule has 10 heteroatoms. The van der Waals surface area contributed by atoms with E-state index in [1.54, 1.807) is 0 Å². The third-order valence-corrected chi connectivity index (χ3v) is 4.95. The maximum absolute atomic E-state index is 12.6. The van der Waals surface area contributed by atoms with Gasteiger partial charge >= 0.3 is 12.1 Å². The third-order valence-electron chi connectivity index (χ3n) is 3.07. The van der Waals surface area contributed by atoms with E-state index in [2.05, 4.69) is 0 Å². The Balaban J connectivity index is 3.29. The molecule has 0 aliphatic carbocycles. The van der Waals surface area contributed by atoms with Crippen molar-refractivity contribution in [1.29, 1.82) is 5.26 Å². The third kappa shape index (κ3) is 4.20. The highest BCUT2D eigenvalue weighted by molar-refractivity contribution is 7.89. The van der Waals surface area contributed by atoms with Gasteiger partial charge in [0.2, 0.25) is 10.0 Å². The lowest BCUT2D eigenvalue weighted by atomic mass is 10.1. The van der Waals surface area contributed by atoms with Crippen molar-refractivity contribution in [1.82, 2.24) is 4.31 Å². The minimum atomic E-state index is -4.71. The van der Waals surface area contributed by atoms with Crippen molar-refractivity contribution < 1.29 is 31.5 Å². The van der Waals surface area contributed by atoms with E-state index >= 15 is 0 Å². The van der Waals surface area contributed by atoms with E-state index < -0.39 is 44.1 Å². The highest BCUT2D eigenvalue weighted by atomic mass is 32.2. The molecule has 23 heavy (non-hydrogen) atoms. The summed E-state index contributed by atoms with van der Waals surface area (Å²) in [5, 5.41) is 17.7. The SMILES string of the molecule is CC(CN(C)S(=O)(=O)c1ccc(C(F)(F)F)cc1C#N)C(=O)O. The van der Waals surface area contributed by atoms with Crippen molar-refractivity contribution >= 4 is 16.0 Å². The molecule has 1 atom stereocenters. The standard InChI is InChI=1S/C13H13F3N2O4S/c1-8(12(19)20)7-18(2)23(21,22)11-4-3-10(13(14,15)16)5-9(11)6-17/h3-5,8H,7H2,1-2H3,(H,19,20). The molecule has 0 saturated carbocycles. The topological polar surface area (TPSA) is 98.5 Å². The fraction of sp³-hybridized carbons (Fsp3) is 0.385. The van der Waals surface area contributed by atoms with Crippen LogP contribution in [0, 0.1) is 17.2 Å². The molecule has 0 saturated heterocycles. The Morgan fingerprint density at radius 1 is 1.43 bits per heavy atom. The summed E-state index contributed by atoms with van der Waals surface area (Å²) in [6, 6.07) is 3.12. The Hall–Kier alpha value is -2.12. The molecule has 6 nitrogen and oxygen atoms in total. The van der Waals surface area contributed by atoms with Gasteiger partial charge in [0.25, 0.3) is 0 Å².